The number of aromatic nitrogens is 2. The van der Waals surface area contributed by atoms with Crippen LogP contribution in [0.25, 0.3) is 10.9 Å². The van der Waals surface area contributed by atoms with Gasteiger partial charge in [-0.1, -0.05) is 12.0 Å². The summed E-state index contributed by atoms with van der Waals surface area (Å²) in [6.07, 6.45) is 7.01. The highest BCUT2D eigenvalue weighted by Gasteiger charge is 2.13. The van der Waals surface area contributed by atoms with E-state index < -0.39 is 7.82 Å². The van der Waals surface area contributed by atoms with Gasteiger partial charge in [-0.25, -0.2) is 14.5 Å². The summed E-state index contributed by atoms with van der Waals surface area (Å²) in [5, 5.41) is 4.12. The minimum absolute atomic E-state index is 0.405. The Kier molecular flexibility index (Phi) is 9.18. The fourth-order valence-corrected chi connectivity index (χ4v) is 2.96. The quantitative estimate of drug-likeness (QED) is 0.310. The van der Waals surface area contributed by atoms with Crippen LogP contribution >= 0.6 is 7.82 Å². The fraction of sp³-hybridized carbons (Fsp3) is 0.273. The first-order chi connectivity index (χ1) is 16.3. The van der Waals surface area contributed by atoms with E-state index in [0.717, 1.165) is 22.2 Å². The van der Waals surface area contributed by atoms with Crippen molar-refractivity contribution < 1.29 is 38.2 Å². The SMILES string of the molecule is C#Cc1cccc(Nc2ncnc3cc4c(cc23)OCCOCCOCCO4)c1.O=P(O)(O)O. The van der Waals surface area contributed by atoms with Crippen LogP contribution in [0.3, 0.4) is 0 Å². The summed E-state index contributed by atoms with van der Waals surface area (Å²) in [7, 11) is -4.64. The van der Waals surface area contributed by atoms with Crippen LogP contribution in [0.15, 0.2) is 42.7 Å². The van der Waals surface area contributed by atoms with E-state index in [4.69, 9.17) is 44.6 Å². The summed E-state index contributed by atoms with van der Waals surface area (Å²) in [6.45, 7) is 2.84. The molecule has 0 aliphatic carbocycles. The van der Waals surface area contributed by atoms with Gasteiger partial charge >= 0.3 is 7.82 Å². The predicted molar refractivity (Wildman–Crippen MR) is 124 cm³/mol. The summed E-state index contributed by atoms with van der Waals surface area (Å²) >= 11 is 0. The first kappa shape index (κ1) is 25.4. The Morgan fingerprint density at radius 3 is 2.18 bits per heavy atom. The van der Waals surface area contributed by atoms with Crippen LogP contribution in [-0.4, -0.2) is 64.3 Å². The number of nitrogens with one attached hydrogen (secondary N) is 1. The number of nitrogens with zero attached hydrogens (tertiary/aromatic N) is 2. The van der Waals surface area contributed by atoms with Crippen LogP contribution < -0.4 is 14.8 Å². The van der Waals surface area contributed by atoms with E-state index >= 15 is 0 Å². The molecule has 4 rings (SSSR count). The Morgan fingerprint density at radius 1 is 0.912 bits per heavy atom. The largest absolute Gasteiger partial charge is 0.487 e. The second-order valence-corrected chi connectivity index (χ2v) is 7.85. The van der Waals surface area contributed by atoms with Gasteiger partial charge in [0.15, 0.2) is 11.5 Å². The molecule has 34 heavy (non-hydrogen) atoms. The Bertz CT molecular complexity index is 1190. The van der Waals surface area contributed by atoms with Gasteiger partial charge in [0, 0.05) is 22.7 Å². The van der Waals surface area contributed by atoms with Gasteiger partial charge < -0.3 is 38.9 Å². The third-order valence-corrected chi connectivity index (χ3v) is 4.34. The molecule has 0 bridgehead atoms. The van der Waals surface area contributed by atoms with Crippen molar-refractivity contribution in [3.05, 3.63) is 48.3 Å². The second kappa shape index (κ2) is 12.3. The molecule has 12 heteroatoms. The van der Waals surface area contributed by atoms with Crippen molar-refractivity contribution in [2.24, 2.45) is 0 Å². The molecule has 2 aromatic carbocycles. The van der Waals surface area contributed by atoms with E-state index in [1.807, 2.05) is 36.4 Å². The van der Waals surface area contributed by atoms with Crippen molar-refractivity contribution in [2.45, 2.75) is 0 Å². The first-order valence-electron chi connectivity index (χ1n) is 10.2. The van der Waals surface area contributed by atoms with E-state index in [1.165, 1.54) is 6.33 Å². The predicted octanol–water partition coefficient (Wildman–Crippen LogP) is 2.23. The second-order valence-electron chi connectivity index (χ2n) is 6.82. The van der Waals surface area contributed by atoms with Crippen LogP contribution in [0.1, 0.15) is 5.56 Å². The molecule has 1 aliphatic heterocycles. The number of hydrogen-bond donors (Lipinski definition) is 4. The lowest BCUT2D eigenvalue weighted by Crippen LogP contribution is -2.15. The van der Waals surface area contributed by atoms with Gasteiger partial charge in [0.2, 0.25) is 0 Å². The van der Waals surface area contributed by atoms with Gasteiger partial charge in [-0.3, -0.25) is 0 Å². The summed E-state index contributed by atoms with van der Waals surface area (Å²) in [5.41, 5.74) is 2.37. The van der Waals surface area contributed by atoms with Crippen molar-refractivity contribution in [3.8, 4) is 23.8 Å². The van der Waals surface area contributed by atoms with E-state index in [1.54, 1.807) is 0 Å². The van der Waals surface area contributed by atoms with Crippen molar-refractivity contribution >= 4 is 30.2 Å². The monoisotopic (exact) mass is 489 g/mol. The third kappa shape index (κ3) is 8.28. The van der Waals surface area contributed by atoms with Crippen LogP contribution in [0.2, 0.25) is 0 Å². The van der Waals surface area contributed by atoms with Gasteiger partial charge in [-0.2, -0.15) is 0 Å². The van der Waals surface area contributed by atoms with Gasteiger partial charge in [0.1, 0.15) is 25.4 Å². The molecule has 1 aromatic heterocycles. The van der Waals surface area contributed by atoms with E-state index in [-0.39, 0.29) is 0 Å². The highest BCUT2D eigenvalue weighted by atomic mass is 31.2. The molecule has 0 saturated heterocycles. The summed E-state index contributed by atoms with van der Waals surface area (Å²) in [5.74, 6) is 4.51. The van der Waals surface area contributed by atoms with Crippen LogP contribution in [0, 0.1) is 12.3 Å². The molecule has 1 aliphatic rings. The lowest BCUT2D eigenvalue weighted by atomic mass is 10.2. The lowest BCUT2D eigenvalue weighted by molar-refractivity contribution is 0.0224. The van der Waals surface area contributed by atoms with Gasteiger partial charge in [0.05, 0.1) is 31.9 Å². The van der Waals surface area contributed by atoms with Crippen molar-refractivity contribution in [2.75, 3.05) is 45.0 Å². The Hall–Kier alpha value is -3.23. The molecule has 2 heterocycles. The number of terminal acetylenes is 1. The van der Waals surface area contributed by atoms with Crippen LogP contribution in [0.4, 0.5) is 11.5 Å². The van der Waals surface area contributed by atoms with E-state index in [0.29, 0.717) is 57.0 Å². The maximum Gasteiger partial charge on any atom is 0.466 e. The average molecular weight is 489 g/mol. The minimum atomic E-state index is -4.64. The number of benzene rings is 2. The number of rotatable bonds is 2. The molecule has 3 aromatic rings. The molecule has 0 fully saturated rings. The molecule has 0 atom stereocenters. The third-order valence-electron chi connectivity index (χ3n) is 4.34. The fourth-order valence-electron chi connectivity index (χ4n) is 2.96. The maximum atomic E-state index is 8.88. The number of fused-ring (bicyclic) bond motifs is 2. The number of phosphoric acid groups is 1. The molecule has 0 radical (unpaired) electrons. The normalized spacial score (nSPS) is 14.5. The standard InChI is InChI=1S/C22H21N3O4.H3O4P/c1-2-16-4-3-5-17(12-16)25-22-18-13-20-21(14-19(18)23-15-24-22)29-11-9-27-7-6-26-8-10-28-20;1-5(2,3)4/h1,3-5,12-15H,6-11H2,(H,23,24,25);(H3,1,2,3,4). The van der Waals surface area contributed by atoms with E-state index in [2.05, 4.69) is 21.2 Å². The van der Waals surface area contributed by atoms with Crippen molar-refractivity contribution in [3.63, 3.8) is 0 Å². The molecule has 11 nitrogen and oxygen atoms in total. The molecule has 0 spiro atoms. The molecule has 180 valence electrons. The zero-order chi connectivity index (χ0) is 24.4. The molecular weight excluding hydrogens is 465 g/mol. The molecule has 0 unspecified atom stereocenters. The molecule has 4 N–H and O–H groups in total. The minimum Gasteiger partial charge on any atom is -0.487 e. The zero-order valence-electron chi connectivity index (χ0n) is 18.1. The highest BCUT2D eigenvalue weighted by Crippen LogP contribution is 2.35. The van der Waals surface area contributed by atoms with Crippen LogP contribution in [0.5, 0.6) is 11.5 Å². The molecular formula is C22H24N3O8P. The smallest absolute Gasteiger partial charge is 0.466 e. The average Bonchev–Trinajstić information content (AvgIpc) is 2.78. The molecule has 0 amide bonds. The maximum absolute atomic E-state index is 8.88. The van der Waals surface area contributed by atoms with E-state index in [9.17, 15) is 0 Å². The zero-order valence-corrected chi connectivity index (χ0v) is 19.0. The summed E-state index contributed by atoms with van der Waals surface area (Å²) < 4.78 is 31.6. The molecule has 0 saturated carbocycles. The highest BCUT2D eigenvalue weighted by molar-refractivity contribution is 7.45. The topological polar surface area (TPSA) is 152 Å². The Morgan fingerprint density at radius 2 is 1.53 bits per heavy atom. The van der Waals surface area contributed by atoms with Crippen molar-refractivity contribution in [1.82, 2.24) is 9.97 Å². The Labute approximate surface area is 195 Å². The first-order valence-corrected chi connectivity index (χ1v) is 11.7. The van der Waals surface area contributed by atoms with Gasteiger partial charge in [0.25, 0.3) is 0 Å². The van der Waals surface area contributed by atoms with Gasteiger partial charge in [-0.05, 0) is 24.3 Å². The van der Waals surface area contributed by atoms with Crippen LogP contribution in [-0.2, 0) is 14.0 Å². The Balaban J connectivity index is 0.000000588. The van der Waals surface area contributed by atoms with Gasteiger partial charge in [-0.15, -0.1) is 6.42 Å². The number of anilines is 2. The summed E-state index contributed by atoms with van der Waals surface area (Å²) in [4.78, 5) is 30.3. The lowest BCUT2D eigenvalue weighted by Gasteiger charge is -2.16. The number of hydrogen-bond acceptors (Lipinski definition) is 8. The van der Waals surface area contributed by atoms with Crippen molar-refractivity contribution in [1.29, 1.82) is 0 Å². The summed E-state index contributed by atoms with van der Waals surface area (Å²) in [6, 6.07) is 11.3. The number of ether oxygens (including phenoxy) is 4.